The smallest absolute Gasteiger partial charge is 0.152 e. The number of aryl methyl sites for hydroxylation is 1. The predicted molar refractivity (Wildman–Crippen MR) is 76.3 cm³/mol. The number of sulfone groups is 1. The van der Waals surface area contributed by atoms with Gasteiger partial charge in [0, 0.05) is 25.6 Å². The first kappa shape index (κ1) is 14.0. The van der Waals surface area contributed by atoms with E-state index in [0.29, 0.717) is 12.2 Å². The van der Waals surface area contributed by atoms with Crippen molar-refractivity contribution in [2.75, 3.05) is 29.2 Å². The van der Waals surface area contributed by atoms with Crippen molar-refractivity contribution in [3.63, 3.8) is 0 Å². The monoisotopic (exact) mass is 284 g/mol. The summed E-state index contributed by atoms with van der Waals surface area (Å²) < 4.78 is 22.9. The molecule has 0 saturated carbocycles. The third-order valence-electron chi connectivity index (χ3n) is 3.09. The fraction of sp³-hybridized carbons (Fsp3) is 0.667. The highest BCUT2D eigenvalue weighted by molar-refractivity contribution is 7.91. The Bertz CT molecular complexity index is 545. The van der Waals surface area contributed by atoms with E-state index in [1.807, 2.05) is 13.1 Å². The standard InChI is InChI=1S/C12H20N4O2S/c1-3-4-10-15-11(13-2)7-12(16-10)14-9-5-6-19(17,18)8-9/h7,9H,3-6,8H2,1-2H3,(H2,13,14,15,16). The van der Waals surface area contributed by atoms with Crippen LogP contribution in [0.4, 0.5) is 11.6 Å². The topological polar surface area (TPSA) is 84.0 Å². The second-order valence-electron chi connectivity index (χ2n) is 4.80. The predicted octanol–water partition coefficient (Wildman–Crippen LogP) is 1.07. The van der Waals surface area contributed by atoms with Gasteiger partial charge in [-0.1, -0.05) is 6.92 Å². The van der Waals surface area contributed by atoms with Crippen LogP contribution >= 0.6 is 0 Å². The van der Waals surface area contributed by atoms with Crippen molar-refractivity contribution in [2.45, 2.75) is 32.2 Å². The van der Waals surface area contributed by atoms with Crippen LogP contribution in [0.5, 0.6) is 0 Å². The number of nitrogens with zero attached hydrogens (tertiary/aromatic N) is 2. The number of hydrogen-bond donors (Lipinski definition) is 2. The lowest BCUT2D eigenvalue weighted by Gasteiger charge is -2.13. The maximum Gasteiger partial charge on any atom is 0.152 e. The van der Waals surface area contributed by atoms with Crippen molar-refractivity contribution in [3.05, 3.63) is 11.9 Å². The Hall–Kier alpha value is -1.37. The van der Waals surface area contributed by atoms with E-state index in [0.717, 1.165) is 24.5 Å². The largest absolute Gasteiger partial charge is 0.373 e. The molecule has 1 aromatic rings. The van der Waals surface area contributed by atoms with E-state index in [1.165, 1.54) is 0 Å². The average Bonchev–Trinajstić information content (AvgIpc) is 2.68. The quantitative estimate of drug-likeness (QED) is 0.841. The summed E-state index contributed by atoms with van der Waals surface area (Å²) >= 11 is 0. The van der Waals surface area contributed by atoms with E-state index in [1.54, 1.807) is 0 Å². The molecule has 6 nitrogen and oxygen atoms in total. The molecule has 1 aromatic heterocycles. The van der Waals surface area contributed by atoms with Gasteiger partial charge < -0.3 is 10.6 Å². The van der Waals surface area contributed by atoms with Gasteiger partial charge in [0.2, 0.25) is 0 Å². The van der Waals surface area contributed by atoms with E-state index < -0.39 is 9.84 Å². The second-order valence-corrected chi connectivity index (χ2v) is 7.03. The van der Waals surface area contributed by atoms with Crippen LogP contribution in [0.2, 0.25) is 0 Å². The molecule has 1 unspecified atom stereocenters. The molecule has 0 bridgehead atoms. The molecule has 0 radical (unpaired) electrons. The van der Waals surface area contributed by atoms with Gasteiger partial charge in [0.05, 0.1) is 11.5 Å². The Kier molecular flexibility index (Phi) is 4.24. The molecule has 0 aliphatic carbocycles. The first-order valence-corrected chi connectivity index (χ1v) is 8.37. The average molecular weight is 284 g/mol. The molecule has 2 N–H and O–H groups in total. The molecular weight excluding hydrogens is 264 g/mol. The molecule has 106 valence electrons. The fourth-order valence-electron chi connectivity index (χ4n) is 2.15. The van der Waals surface area contributed by atoms with Gasteiger partial charge in [-0.15, -0.1) is 0 Å². The van der Waals surface area contributed by atoms with Crippen LogP contribution in [0.15, 0.2) is 6.07 Å². The molecule has 1 fully saturated rings. The van der Waals surface area contributed by atoms with Gasteiger partial charge in [0.15, 0.2) is 9.84 Å². The number of aromatic nitrogens is 2. The SMILES string of the molecule is CCCc1nc(NC)cc(NC2CCS(=O)(=O)C2)n1. The molecule has 0 aromatic carbocycles. The summed E-state index contributed by atoms with van der Waals surface area (Å²) in [5.41, 5.74) is 0. The van der Waals surface area contributed by atoms with Gasteiger partial charge in [-0.3, -0.25) is 0 Å². The van der Waals surface area contributed by atoms with Crippen LogP contribution in [-0.2, 0) is 16.3 Å². The van der Waals surface area contributed by atoms with E-state index in [9.17, 15) is 8.42 Å². The first-order chi connectivity index (χ1) is 9.02. The Labute approximate surface area is 114 Å². The molecule has 1 saturated heterocycles. The minimum absolute atomic E-state index is 0.0425. The normalized spacial score (nSPS) is 21.3. The van der Waals surface area contributed by atoms with Gasteiger partial charge in [-0.25, -0.2) is 18.4 Å². The molecule has 7 heteroatoms. The van der Waals surface area contributed by atoms with E-state index in [-0.39, 0.29) is 17.5 Å². The van der Waals surface area contributed by atoms with Crippen LogP contribution in [-0.4, -0.2) is 43.0 Å². The van der Waals surface area contributed by atoms with Gasteiger partial charge in [-0.2, -0.15) is 0 Å². The Balaban J connectivity index is 2.13. The molecule has 2 heterocycles. The molecule has 0 spiro atoms. The summed E-state index contributed by atoms with van der Waals surface area (Å²) in [5.74, 6) is 2.68. The molecule has 0 amide bonds. The van der Waals surface area contributed by atoms with Gasteiger partial charge in [0.25, 0.3) is 0 Å². The molecule has 1 aliphatic rings. The van der Waals surface area contributed by atoms with Gasteiger partial charge in [-0.05, 0) is 12.8 Å². The Morgan fingerprint density at radius 2 is 2.11 bits per heavy atom. The Morgan fingerprint density at radius 1 is 1.37 bits per heavy atom. The fourth-order valence-corrected chi connectivity index (χ4v) is 3.83. The third-order valence-corrected chi connectivity index (χ3v) is 4.85. The third kappa shape index (κ3) is 3.79. The van der Waals surface area contributed by atoms with Crippen molar-refractivity contribution >= 4 is 21.5 Å². The van der Waals surface area contributed by atoms with Crippen molar-refractivity contribution < 1.29 is 8.42 Å². The first-order valence-electron chi connectivity index (χ1n) is 6.55. The zero-order chi connectivity index (χ0) is 13.9. The molecule has 19 heavy (non-hydrogen) atoms. The van der Waals surface area contributed by atoms with Crippen LogP contribution in [0.3, 0.4) is 0 Å². The van der Waals surface area contributed by atoms with Crippen molar-refractivity contribution in [3.8, 4) is 0 Å². The molecule has 1 aliphatic heterocycles. The second kappa shape index (κ2) is 5.73. The Morgan fingerprint density at radius 3 is 2.68 bits per heavy atom. The minimum Gasteiger partial charge on any atom is -0.373 e. The highest BCUT2D eigenvalue weighted by atomic mass is 32.2. The summed E-state index contributed by atoms with van der Waals surface area (Å²) in [4.78, 5) is 8.79. The van der Waals surface area contributed by atoms with E-state index in [2.05, 4.69) is 27.5 Å². The zero-order valence-electron chi connectivity index (χ0n) is 11.3. The molecular formula is C12H20N4O2S. The highest BCUT2D eigenvalue weighted by Gasteiger charge is 2.28. The zero-order valence-corrected chi connectivity index (χ0v) is 12.1. The summed E-state index contributed by atoms with van der Waals surface area (Å²) in [5, 5.41) is 6.20. The van der Waals surface area contributed by atoms with Crippen LogP contribution in [0.1, 0.15) is 25.6 Å². The lowest BCUT2D eigenvalue weighted by Crippen LogP contribution is -2.21. The van der Waals surface area contributed by atoms with Crippen LogP contribution in [0.25, 0.3) is 0 Å². The number of hydrogen-bond acceptors (Lipinski definition) is 6. The van der Waals surface area contributed by atoms with E-state index in [4.69, 9.17) is 0 Å². The summed E-state index contributed by atoms with van der Waals surface area (Å²) in [6, 6.07) is 1.77. The van der Waals surface area contributed by atoms with Crippen LogP contribution in [0, 0.1) is 0 Å². The molecule has 2 rings (SSSR count). The number of anilines is 2. The van der Waals surface area contributed by atoms with Crippen molar-refractivity contribution in [1.29, 1.82) is 0 Å². The number of nitrogens with one attached hydrogen (secondary N) is 2. The maximum absolute atomic E-state index is 11.4. The van der Waals surface area contributed by atoms with Crippen molar-refractivity contribution in [2.24, 2.45) is 0 Å². The van der Waals surface area contributed by atoms with E-state index >= 15 is 0 Å². The van der Waals surface area contributed by atoms with Gasteiger partial charge in [0.1, 0.15) is 17.5 Å². The highest BCUT2D eigenvalue weighted by Crippen LogP contribution is 2.18. The summed E-state index contributed by atoms with van der Waals surface area (Å²) in [6.07, 6.45) is 2.43. The van der Waals surface area contributed by atoms with Crippen LogP contribution < -0.4 is 10.6 Å². The summed E-state index contributed by atoms with van der Waals surface area (Å²) in [6.45, 7) is 2.08. The lowest BCUT2D eigenvalue weighted by molar-refractivity contribution is 0.602. The lowest BCUT2D eigenvalue weighted by atomic mass is 10.2. The van der Waals surface area contributed by atoms with Gasteiger partial charge >= 0.3 is 0 Å². The van der Waals surface area contributed by atoms with Crippen molar-refractivity contribution in [1.82, 2.24) is 9.97 Å². The number of rotatable bonds is 5. The molecule has 1 atom stereocenters. The summed E-state index contributed by atoms with van der Waals surface area (Å²) in [7, 11) is -1.07. The maximum atomic E-state index is 11.4. The minimum atomic E-state index is -2.87.